The van der Waals surface area contributed by atoms with Crippen LogP contribution in [0.25, 0.3) is 0 Å². The van der Waals surface area contributed by atoms with E-state index in [1.165, 1.54) is 16.2 Å². The van der Waals surface area contributed by atoms with Gasteiger partial charge in [-0.25, -0.2) is 0 Å². The van der Waals surface area contributed by atoms with Crippen LogP contribution in [-0.4, -0.2) is 52.9 Å². The molecular formula is C25H29N3O4S. The van der Waals surface area contributed by atoms with Gasteiger partial charge in [-0.05, 0) is 23.0 Å². The molecule has 4 rings (SSSR count). The van der Waals surface area contributed by atoms with E-state index in [0.717, 1.165) is 16.0 Å². The van der Waals surface area contributed by atoms with E-state index >= 15 is 0 Å². The summed E-state index contributed by atoms with van der Waals surface area (Å²) in [6.07, 6.45) is 1.08. The third-order valence-corrected chi connectivity index (χ3v) is 7.43. The topological polar surface area (TPSA) is 86.8 Å². The maximum Gasteiger partial charge on any atom is 0.295 e. The first-order chi connectivity index (χ1) is 15.6. The summed E-state index contributed by atoms with van der Waals surface area (Å²) in [6.45, 7) is 7.49. The largest absolute Gasteiger partial charge is 0.354 e. The quantitative estimate of drug-likeness (QED) is 0.541. The molecule has 1 saturated heterocycles. The number of Topliss-reactive ketones (excluding diaryl/α,β-unsaturated/α-hetero) is 1. The smallest absolute Gasteiger partial charge is 0.295 e. The molecule has 1 aromatic carbocycles. The molecule has 2 aliphatic rings. The zero-order valence-corrected chi connectivity index (χ0v) is 20.3. The Bertz CT molecular complexity index is 1100. The molecule has 1 aromatic heterocycles. The molecule has 3 amide bonds. The number of hydrogen-bond donors (Lipinski definition) is 1. The molecule has 174 valence electrons. The number of nitrogens with zero attached hydrogens (tertiary/aromatic N) is 2. The Morgan fingerprint density at radius 3 is 2.48 bits per heavy atom. The molecule has 2 aromatic rings. The molecule has 0 spiro atoms. The standard InChI is InChI=1S/C25H29N3O4S/c1-25(2,3)16-7-5-15(6-8-16)22(30)24(32)27(4)13-20-18-12-28(23(31)19(18)14-33-20)17-9-10-21(29)26-11-17/h5-8,14,17H,9-13H2,1-4H3,(H,26,29). The van der Waals surface area contributed by atoms with Crippen LogP contribution in [0.4, 0.5) is 0 Å². The second kappa shape index (κ2) is 8.74. The fraction of sp³-hybridized carbons (Fsp3) is 0.440. The summed E-state index contributed by atoms with van der Waals surface area (Å²) >= 11 is 1.44. The van der Waals surface area contributed by atoms with E-state index in [1.807, 2.05) is 22.4 Å². The summed E-state index contributed by atoms with van der Waals surface area (Å²) in [5, 5.41) is 4.66. The zero-order chi connectivity index (χ0) is 23.9. The van der Waals surface area contributed by atoms with Gasteiger partial charge in [0, 0.05) is 42.4 Å². The number of hydrogen-bond acceptors (Lipinski definition) is 5. The van der Waals surface area contributed by atoms with Gasteiger partial charge in [0.15, 0.2) is 0 Å². The number of carbonyl (C=O) groups is 4. The van der Waals surface area contributed by atoms with Crippen LogP contribution >= 0.6 is 11.3 Å². The molecule has 1 N–H and O–H groups in total. The van der Waals surface area contributed by atoms with Crippen molar-refractivity contribution in [3.63, 3.8) is 0 Å². The van der Waals surface area contributed by atoms with Gasteiger partial charge in [-0.1, -0.05) is 45.0 Å². The van der Waals surface area contributed by atoms with E-state index in [0.29, 0.717) is 37.1 Å². The summed E-state index contributed by atoms with van der Waals surface area (Å²) < 4.78 is 0. The van der Waals surface area contributed by atoms with Gasteiger partial charge in [-0.2, -0.15) is 0 Å². The summed E-state index contributed by atoms with van der Waals surface area (Å²) in [4.78, 5) is 54.1. The molecule has 0 radical (unpaired) electrons. The van der Waals surface area contributed by atoms with Gasteiger partial charge >= 0.3 is 0 Å². The number of rotatable bonds is 5. The van der Waals surface area contributed by atoms with E-state index < -0.39 is 11.7 Å². The highest BCUT2D eigenvalue weighted by Gasteiger charge is 2.37. The second-order valence-corrected chi connectivity index (χ2v) is 10.8. The number of ketones is 1. The van der Waals surface area contributed by atoms with Crippen molar-refractivity contribution >= 4 is 34.8 Å². The van der Waals surface area contributed by atoms with Crippen molar-refractivity contribution in [3.05, 3.63) is 56.8 Å². The van der Waals surface area contributed by atoms with Crippen molar-refractivity contribution in [1.82, 2.24) is 15.1 Å². The number of benzene rings is 1. The fourth-order valence-corrected chi connectivity index (χ4v) is 5.38. The highest BCUT2D eigenvalue weighted by atomic mass is 32.1. The molecule has 1 unspecified atom stereocenters. The lowest BCUT2D eigenvalue weighted by Gasteiger charge is -2.31. The first-order valence-electron chi connectivity index (χ1n) is 11.1. The number of piperidine rings is 1. The van der Waals surface area contributed by atoms with Gasteiger partial charge in [0.25, 0.3) is 11.8 Å². The predicted molar refractivity (Wildman–Crippen MR) is 126 cm³/mol. The minimum atomic E-state index is -0.572. The highest BCUT2D eigenvalue weighted by Crippen LogP contribution is 2.34. The van der Waals surface area contributed by atoms with Crippen LogP contribution in [0.2, 0.25) is 0 Å². The van der Waals surface area contributed by atoms with E-state index in [2.05, 4.69) is 26.1 Å². The fourth-order valence-electron chi connectivity index (χ4n) is 4.29. The Labute approximate surface area is 197 Å². The maximum atomic E-state index is 12.9. The SMILES string of the molecule is CN(Cc1scc2c1CN(C1CCC(=O)NC1)C2=O)C(=O)C(=O)c1ccc(C(C)(C)C)cc1. The Kier molecular flexibility index (Phi) is 6.14. The van der Waals surface area contributed by atoms with Crippen molar-refractivity contribution in [2.75, 3.05) is 13.6 Å². The van der Waals surface area contributed by atoms with Gasteiger partial charge < -0.3 is 15.1 Å². The van der Waals surface area contributed by atoms with Crippen LogP contribution in [-0.2, 0) is 28.1 Å². The van der Waals surface area contributed by atoms with E-state index in [9.17, 15) is 19.2 Å². The average molecular weight is 468 g/mol. The number of likely N-dealkylation sites (N-methyl/N-ethyl adjacent to an activating group) is 1. The Morgan fingerprint density at radius 1 is 1.18 bits per heavy atom. The van der Waals surface area contributed by atoms with Crippen LogP contribution in [0.1, 0.15) is 70.3 Å². The highest BCUT2D eigenvalue weighted by molar-refractivity contribution is 7.10. The monoisotopic (exact) mass is 467 g/mol. The minimum Gasteiger partial charge on any atom is -0.354 e. The van der Waals surface area contributed by atoms with Gasteiger partial charge in [-0.15, -0.1) is 11.3 Å². The third kappa shape index (κ3) is 4.57. The van der Waals surface area contributed by atoms with Crippen LogP contribution in [0.5, 0.6) is 0 Å². The third-order valence-electron chi connectivity index (χ3n) is 6.42. The first-order valence-corrected chi connectivity index (χ1v) is 12.0. The number of thiophene rings is 1. The van der Waals surface area contributed by atoms with E-state index in [1.54, 1.807) is 19.2 Å². The lowest BCUT2D eigenvalue weighted by Crippen LogP contribution is -2.48. The second-order valence-electron chi connectivity index (χ2n) is 9.80. The van der Waals surface area contributed by atoms with Crippen molar-refractivity contribution in [2.24, 2.45) is 0 Å². The number of nitrogens with one attached hydrogen (secondary N) is 1. The Balaban J connectivity index is 1.43. The molecular weight excluding hydrogens is 438 g/mol. The predicted octanol–water partition coefficient (Wildman–Crippen LogP) is 3.12. The molecule has 1 atom stereocenters. The molecule has 1 fully saturated rings. The van der Waals surface area contributed by atoms with Crippen LogP contribution < -0.4 is 5.32 Å². The van der Waals surface area contributed by atoms with Crippen molar-refractivity contribution < 1.29 is 19.2 Å². The first kappa shape index (κ1) is 23.2. The molecule has 0 aliphatic carbocycles. The summed E-state index contributed by atoms with van der Waals surface area (Å²) in [5.41, 5.74) is 3.02. The average Bonchev–Trinajstić information content (AvgIpc) is 3.33. The van der Waals surface area contributed by atoms with E-state index in [-0.39, 0.29) is 29.8 Å². The Hall–Kier alpha value is -3.00. The van der Waals surface area contributed by atoms with Crippen molar-refractivity contribution in [3.8, 4) is 0 Å². The minimum absolute atomic E-state index is 0.0162. The van der Waals surface area contributed by atoms with Gasteiger partial charge in [0.1, 0.15) is 0 Å². The molecule has 0 bridgehead atoms. The van der Waals surface area contributed by atoms with Gasteiger partial charge in [0.05, 0.1) is 18.2 Å². The number of carbonyl (C=O) groups excluding carboxylic acids is 4. The molecule has 7 nitrogen and oxygen atoms in total. The normalized spacial score (nSPS) is 18.2. The van der Waals surface area contributed by atoms with Crippen LogP contribution in [0.3, 0.4) is 0 Å². The van der Waals surface area contributed by atoms with Crippen LogP contribution in [0, 0.1) is 0 Å². The van der Waals surface area contributed by atoms with Gasteiger partial charge in [-0.3, -0.25) is 19.2 Å². The molecule has 2 aliphatic heterocycles. The number of fused-ring (bicyclic) bond motifs is 1. The summed E-state index contributed by atoms with van der Waals surface area (Å²) in [7, 11) is 1.61. The number of amides is 3. The van der Waals surface area contributed by atoms with Gasteiger partial charge in [0.2, 0.25) is 11.7 Å². The molecule has 8 heteroatoms. The molecule has 0 saturated carbocycles. The molecule has 3 heterocycles. The molecule has 33 heavy (non-hydrogen) atoms. The summed E-state index contributed by atoms with van der Waals surface area (Å²) in [6, 6.07) is 7.17. The zero-order valence-electron chi connectivity index (χ0n) is 19.4. The Morgan fingerprint density at radius 2 is 1.88 bits per heavy atom. The summed E-state index contributed by atoms with van der Waals surface area (Å²) in [5.74, 6) is -1.12. The lowest BCUT2D eigenvalue weighted by atomic mass is 9.86. The van der Waals surface area contributed by atoms with Crippen molar-refractivity contribution in [2.45, 2.75) is 58.2 Å². The maximum absolute atomic E-state index is 12.9. The van der Waals surface area contributed by atoms with Crippen molar-refractivity contribution in [1.29, 1.82) is 0 Å². The van der Waals surface area contributed by atoms with Crippen LogP contribution in [0.15, 0.2) is 29.6 Å². The lowest BCUT2D eigenvalue weighted by molar-refractivity contribution is -0.125. The van der Waals surface area contributed by atoms with E-state index in [4.69, 9.17) is 0 Å².